The van der Waals surface area contributed by atoms with Gasteiger partial charge in [-0.1, -0.05) is 30.3 Å². The first-order valence-corrected chi connectivity index (χ1v) is 6.35. The van der Waals surface area contributed by atoms with Gasteiger partial charge in [-0.2, -0.15) is 0 Å². The van der Waals surface area contributed by atoms with E-state index >= 15 is 0 Å². The fraction of sp³-hybridized carbons (Fsp3) is 0.286. The van der Waals surface area contributed by atoms with Crippen LogP contribution in [-0.2, 0) is 24.4 Å². The Morgan fingerprint density at radius 1 is 1.35 bits per heavy atom. The lowest BCUT2D eigenvalue weighted by Crippen LogP contribution is -2.25. The third-order valence-electron chi connectivity index (χ3n) is 2.79. The summed E-state index contributed by atoms with van der Waals surface area (Å²) in [5.41, 5.74) is 1.02. The molecule has 1 aromatic carbocycles. The summed E-state index contributed by atoms with van der Waals surface area (Å²) in [6, 6.07) is 9.61. The summed E-state index contributed by atoms with van der Waals surface area (Å²) in [5, 5.41) is 11.7. The summed E-state index contributed by atoms with van der Waals surface area (Å²) < 4.78 is 6.80. The number of aliphatic hydroxyl groups is 1. The maximum Gasteiger partial charge on any atom is 0.407 e. The highest BCUT2D eigenvalue weighted by molar-refractivity contribution is 5.67. The van der Waals surface area contributed by atoms with E-state index in [9.17, 15) is 4.79 Å². The van der Waals surface area contributed by atoms with Crippen molar-refractivity contribution in [1.29, 1.82) is 0 Å². The second-order valence-electron chi connectivity index (χ2n) is 4.17. The van der Waals surface area contributed by atoms with E-state index in [1.807, 2.05) is 30.3 Å². The first-order valence-electron chi connectivity index (χ1n) is 6.35. The van der Waals surface area contributed by atoms with Crippen LogP contribution in [0.25, 0.3) is 0 Å². The number of nitrogens with one attached hydrogen (secondary N) is 1. The molecule has 2 N–H and O–H groups in total. The zero-order valence-corrected chi connectivity index (χ0v) is 11.0. The van der Waals surface area contributed by atoms with Crippen LogP contribution in [0.2, 0.25) is 0 Å². The number of aliphatic hydroxyl groups excluding tert-OH is 1. The number of hydrogen-bond donors (Lipinski definition) is 2. The summed E-state index contributed by atoms with van der Waals surface area (Å²) in [6.45, 7) is 0.998. The maximum absolute atomic E-state index is 11.5. The van der Waals surface area contributed by atoms with Crippen molar-refractivity contribution >= 4 is 6.09 Å². The highest BCUT2D eigenvalue weighted by atomic mass is 16.5. The molecule has 0 bridgehead atoms. The molecule has 0 saturated heterocycles. The molecule has 20 heavy (non-hydrogen) atoms. The molecule has 0 saturated carbocycles. The van der Waals surface area contributed by atoms with Gasteiger partial charge < -0.3 is 19.7 Å². The lowest BCUT2D eigenvalue weighted by Gasteiger charge is -2.08. The first-order chi connectivity index (χ1) is 9.79. The van der Waals surface area contributed by atoms with Gasteiger partial charge in [0.05, 0.1) is 6.54 Å². The topological polar surface area (TPSA) is 76.4 Å². The molecule has 0 aliphatic carbocycles. The fourth-order valence-electron chi connectivity index (χ4n) is 1.75. The van der Waals surface area contributed by atoms with Crippen molar-refractivity contribution in [1.82, 2.24) is 14.9 Å². The number of carbonyl (C=O) groups is 1. The molecule has 1 heterocycles. The number of amides is 1. The molecule has 0 fully saturated rings. The first kappa shape index (κ1) is 14.1. The van der Waals surface area contributed by atoms with Crippen LogP contribution >= 0.6 is 0 Å². The van der Waals surface area contributed by atoms with Crippen LogP contribution < -0.4 is 5.32 Å². The smallest absolute Gasteiger partial charge is 0.407 e. The van der Waals surface area contributed by atoms with Crippen LogP contribution in [0, 0.1) is 0 Å². The maximum atomic E-state index is 11.5. The molecule has 0 atom stereocenters. The molecule has 0 spiro atoms. The minimum Gasteiger partial charge on any atom is -0.448 e. The number of nitrogens with zero attached hydrogens (tertiary/aromatic N) is 2. The molecule has 0 radical (unpaired) electrons. The van der Waals surface area contributed by atoms with Crippen LogP contribution in [0.3, 0.4) is 0 Å². The number of rotatable bonds is 6. The summed E-state index contributed by atoms with van der Waals surface area (Å²) in [7, 11) is 0. The predicted molar refractivity (Wildman–Crippen MR) is 72.8 cm³/mol. The number of ether oxygens (including phenoxy) is 1. The lowest BCUT2D eigenvalue weighted by molar-refractivity contribution is 0.140. The van der Waals surface area contributed by atoms with Crippen molar-refractivity contribution in [3.63, 3.8) is 0 Å². The van der Waals surface area contributed by atoms with Crippen LogP contribution in [0.15, 0.2) is 42.7 Å². The van der Waals surface area contributed by atoms with E-state index in [2.05, 4.69) is 10.3 Å². The Labute approximate surface area is 117 Å². The van der Waals surface area contributed by atoms with E-state index in [1.165, 1.54) is 0 Å². The Morgan fingerprint density at radius 3 is 2.90 bits per heavy atom. The largest absolute Gasteiger partial charge is 0.448 e. The van der Waals surface area contributed by atoms with Gasteiger partial charge in [0.2, 0.25) is 0 Å². The van der Waals surface area contributed by atoms with E-state index in [4.69, 9.17) is 9.84 Å². The van der Waals surface area contributed by atoms with Crippen molar-refractivity contribution in [3.8, 4) is 0 Å². The van der Waals surface area contributed by atoms with Crippen LogP contribution in [0.4, 0.5) is 4.79 Å². The molecule has 0 aliphatic heterocycles. The van der Waals surface area contributed by atoms with Gasteiger partial charge in [0, 0.05) is 18.9 Å². The average Bonchev–Trinajstić information content (AvgIpc) is 2.94. The summed E-state index contributed by atoms with van der Waals surface area (Å²) in [4.78, 5) is 15.5. The highest BCUT2D eigenvalue weighted by Crippen LogP contribution is 1.99. The normalized spacial score (nSPS) is 10.2. The Hall–Kier alpha value is -2.34. The molecule has 6 nitrogen and oxygen atoms in total. The highest BCUT2D eigenvalue weighted by Gasteiger charge is 2.04. The number of imidazole rings is 1. The van der Waals surface area contributed by atoms with Crippen molar-refractivity contribution in [2.24, 2.45) is 0 Å². The molecule has 6 heteroatoms. The summed E-state index contributed by atoms with van der Waals surface area (Å²) in [5.74, 6) is 0.554. The fourth-order valence-corrected chi connectivity index (χ4v) is 1.75. The van der Waals surface area contributed by atoms with Gasteiger partial charge in [0.1, 0.15) is 19.0 Å². The summed E-state index contributed by atoms with van der Waals surface area (Å²) in [6.07, 6.45) is 2.87. The van der Waals surface area contributed by atoms with Crippen molar-refractivity contribution in [2.75, 3.05) is 6.61 Å². The molecule has 1 aromatic heterocycles. The van der Waals surface area contributed by atoms with E-state index in [-0.39, 0.29) is 13.2 Å². The van der Waals surface area contributed by atoms with Gasteiger partial charge in [-0.3, -0.25) is 0 Å². The predicted octanol–water partition coefficient (Wildman–Crippen LogP) is 1.30. The number of carbonyl (C=O) groups excluding carboxylic acids is 1. The zero-order chi connectivity index (χ0) is 14.2. The third kappa shape index (κ3) is 4.10. The number of benzene rings is 1. The van der Waals surface area contributed by atoms with Crippen LogP contribution in [-0.4, -0.2) is 27.4 Å². The van der Waals surface area contributed by atoms with Crippen LogP contribution in [0.1, 0.15) is 11.4 Å². The van der Waals surface area contributed by atoms with Gasteiger partial charge in [-0.25, -0.2) is 9.78 Å². The van der Waals surface area contributed by atoms with Gasteiger partial charge in [0.25, 0.3) is 0 Å². The Morgan fingerprint density at radius 2 is 2.15 bits per heavy atom. The summed E-state index contributed by atoms with van der Waals surface area (Å²) >= 11 is 0. The number of alkyl carbamates (subject to hydrolysis) is 1. The quantitative estimate of drug-likeness (QED) is 0.833. The van der Waals surface area contributed by atoms with Crippen molar-refractivity contribution in [3.05, 3.63) is 54.1 Å². The lowest BCUT2D eigenvalue weighted by atomic mass is 10.2. The molecule has 2 rings (SSSR count). The second-order valence-corrected chi connectivity index (χ2v) is 4.17. The van der Waals surface area contributed by atoms with E-state index in [0.717, 1.165) is 5.56 Å². The van der Waals surface area contributed by atoms with E-state index in [0.29, 0.717) is 18.9 Å². The molecule has 1 amide bonds. The van der Waals surface area contributed by atoms with Crippen LogP contribution in [0.5, 0.6) is 0 Å². The Balaban J connectivity index is 1.68. The second kappa shape index (κ2) is 7.30. The molecule has 106 valence electrons. The monoisotopic (exact) mass is 275 g/mol. The zero-order valence-electron chi connectivity index (χ0n) is 11.0. The number of hydrogen-bond acceptors (Lipinski definition) is 4. The van der Waals surface area contributed by atoms with E-state index < -0.39 is 6.09 Å². The van der Waals surface area contributed by atoms with Gasteiger partial charge >= 0.3 is 6.09 Å². The standard InChI is InChI=1S/C14H17N3O3/c18-11-13-15-6-7-17(13)8-9-20-14(19)16-10-12-4-2-1-3-5-12/h1-7,18H,8-11H2,(H,16,19). The average molecular weight is 275 g/mol. The number of aromatic nitrogens is 2. The molecule has 0 unspecified atom stereocenters. The van der Waals surface area contributed by atoms with Crippen molar-refractivity contribution in [2.45, 2.75) is 19.7 Å². The molecular weight excluding hydrogens is 258 g/mol. The SMILES string of the molecule is O=C(NCc1ccccc1)OCCn1ccnc1CO. The van der Waals surface area contributed by atoms with E-state index in [1.54, 1.807) is 17.0 Å². The van der Waals surface area contributed by atoms with Gasteiger partial charge in [-0.05, 0) is 5.56 Å². The minimum absolute atomic E-state index is 0.132. The third-order valence-corrected chi connectivity index (χ3v) is 2.79. The Bertz CT molecular complexity index is 540. The van der Waals surface area contributed by atoms with Gasteiger partial charge in [0.15, 0.2) is 0 Å². The Kier molecular flexibility index (Phi) is 5.14. The minimum atomic E-state index is -0.459. The van der Waals surface area contributed by atoms with Crippen molar-refractivity contribution < 1.29 is 14.6 Å². The molecular formula is C14H17N3O3. The van der Waals surface area contributed by atoms with Gasteiger partial charge in [-0.15, -0.1) is 0 Å². The molecule has 0 aliphatic rings. The molecule has 2 aromatic rings.